The lowest BCUT2D eigenvalue weighted by molar-refractivity contribution is -0.144. The summed E-state index contributed by atoms with van der Waals surface area (Å²) in [7, 11) is 0. The Bertz CT molecular complexity index is 661. The van der Waals surface area contributed by atoms with Crippen molar-refractivity contribution in [2.24, 2.45) is 0 Å². The summed E-state index contributed by atoms with van der Waals surface area (Å²) in [6.07, 6.45) is 0.812. The third-order valence-electron chi connectivity index (χ3n) is 4.98. The Hall–Kier alpha value is -2.37. The van der Waals surface area contributed by atoms with Crippen LogP contribution in [0.15, 0.2) is 30.3 Å². The van der Waals surface area contributed by atoms with Crippen molar-refractivity contribution in [3.05, 3.63) is 35.9 Å². The predicted molar refractivity (Wildman–Crippen MR) is 91.7 cm³/mol. The molecule has 0 aromatic heterocycles. The van der Waals surface area contributed by atoms with Gasteiger partial charge in [0, 0.05) is 25.4 Å². The number of hydrogen-bond donors (Lipinski definition) is 0. The number of esters is 1. The van der Waals surface area contributed by atoms with Crippen LogP contribution in [-0.4, -0.2) is 52.3 Å². The molecule has 3 rings (SSSR count). The largest absolute Gasteiger partial charge is 0.466 e. The third-order valence-corrected chi connectivity index (χ3v) is 4.98. The monoisotopic (exact) mass is 344 g/mol. The molecule has 1 aromatic carbocycles. The Morgan fingerprint density at radius 2 is 1.92 bits per heavy atom. The van der Waals surface area contributed by atoms with Crippen LogP contribution in [0, 0.1) is 0 Å². The van der Waals surface area contributed by atoms with E-state index in [0.29, 0.717) is 26.0 Å². The molecule has 6 nitrogen and oxygen atoms in total. The van der Waals surface area contributed by atoms with Gasteiger partial charge in [-0.1, -0.05) is 30.3 Å². The van der Waals surface area contributed by atoms with Crippen LogP contribution in [0.5, 0.6) is 0 Å². The normalized spacial score (nSPS) is 25.9. The summed E-state index contributed by atoms with van der Waals surface area (Å²) < 4.78 is 5.09. The summed E-state index contributed by atoms with van der Waals surface area (Å²) in [5, 5.41) is 0. The summed E-state index contributed by atoms with van der Waals surface area (Å²) in [6.45, 7) is 4.40. The molecular formula is C19H24N2O4. The highest BCUT2D eigenvalue weighted by atomic mass is 16.5. The first kappa shape index (κ1) is 17.5. The average Bonchev–Trinajstić information content (AvgIpc) is 2.81. The molecule has 25 heavy (non-hydrogen) atoms. The molecule has 0 unspecified atom stereocenters. The maximum atomic E-state index is 13.0. The molecule has 134 valence electrons. The summed E-state index contributed by atoms with van der Waals surface area (Å²) in [5.74, 6) is -0.178. The van der Waals surface area contributed by atoms with Crippen LogP contribution < -0.4 is 0 Å². The second-order valence-corrected chi connectivity index (χ2v) is 6.74. The summed E-state index contributed by atoms with van der Waals surface area (Å²) in [5.41, 5.74) is 1.00. The lowest BCUT2D eigenvalue weighted by Gasteiger charge is -2.35. The predicted octanol–water partition coefficient (Wildman–Crippen LogP) is 2.37. The Morgan fingerprint density at radius 3 is 2.60 bits per heavy atom. The average molecular weight is 344 g/mol. The van der Waals surface area contributed by atoms with Gasteiger partial charge in [-0.05, 0) is 19.4 Å². The van der Waals surface area contributed by atoms with E-state index in [9.17, 15) is 14.4 Å². The topological polar surface area (TPSA) is 66.9 Å². The van der Waals surface area contributed by atoms with Gasteiger partial charge >= 0.3 is 12.0 Å². The number of nitrogens with zero attached hydrogens (tertiary/aromatic N) is 2. The molecule has 0 saturated carbocycles. The summed E-state index contributed by atoms with van der Waals surface area (Å²) in [4.78, 5) is 40.7. The van der Waals surface area contributed by atoms with Gasteiger partial charge in [-0.3, -0.25) is 9.59 Å². The Balaban J connectivity index is 1.88. The molecular weight excluding hydrogens is 320 g/mol. The SMILES string of the molecule is CCOC(=O)C[C@@H]1[C@H]2CC(=O)C[C@@H](C)N2C(=O)N1Cc1ccccc1. The second kappa shape index (κ2) is 7.25. The van der Waals surface area contributed by atoms with Crippen LogP contribution in [0.25, 0.3) is 0 Å². The highest BCUT2D eigenvalue weighted by molar-refractivity contribution is 5.87. The Morgan fingerprint density at radius 1 is 1.20 bits per heavy atom. The smallest absolute Gasteiger partial charge is 0.321 e. The minimum absolute atomic E-state index is 0.0943. The molecule has 2 aliphatic heterocycles. The summed E-state index contributed by atoms with van der Waals surface area (Å²) in [6, 6.07) is 8.88. The van der Waals surface area contributed by atoms with Crippen molar-refractivity contribution >= 4 is 17.8 Å². The number of carbonyl (C=O) groups is 3. The van der Waals surface area contributed by atoms with Gasteiger partial charge in [0.25, 0.3) is 0 Å². The van der Waals surface area contributed by atoms with Gasteiger partial charge in [0.05, 0.1) is 25.1 Å². The number of amides is 2. The van der Waals surface area contributed by atoms with Gasteiger partial charge in [-0.2, -0.15) is 0 Å². The zero-order valence-electron chi connectivity index (χ0n) is 14.7. The molecule has 0 spiro atoms. The second-order valence-electron chi connectivity index (χ2n) is 6.74. The van der Waals surface area contributed by atoms with E-state index in [1.807, 2.05) is 37.3 Å². The molecule has 0 radical (unpaired) electrons. The van der Waals surface area contributed by atoms with E-state index in [4.69, 9.17) is 4.74 Å². The molecule has 6 heteroatoms. The standard InChI is InChI=1S/C19H24N2O4/c1-3-25-18(23)11-16-17-10-15(22)9-13(2)21(17)19(24)20(16)12-14-7-5-4-6-8-14/h4-8,13,16-17H,3,9-12H2,1-2H3/t13-,16-,17-/m1/s1. The minimum Gasteiger partial charge on any atom is -0.466 e. The van der Waals surface area contributed by atoms with E-state index < -0.39 is 0 Å². The minimum atomic E-state index is -0.335. The van der Waals surface area contributed by atoms with Crippen LogP contribution in [0.3, 0.4) is 0 Å². The van der Waals surface area contributed by atoms with E-state index in [2.05, 4.69) is 0 Å². The molecule has 0 N–H and O–H groups in total. The lowest BCUT2D eigenvalue weighted by atomic mass is 9.91. The number of fused-ring (bicyclic) bond motifs is 1. The van der Waals surface area contributed by atoms with Gasteiger partial charge < -0.3 is 14.5 Å². The van der Waals surface area contributed by atoms with Crippen molar-refractivity contribution in [2.45, 2.75) is 57.8 Å². The maximum Gasteiger partial charge on any atom is 0.321 e. The quantitative estimate of drug-likeness (QED) is 0.769. The van der Waals surface area contributed by atoms with Crippen molar-refractivity contribution in [3.63, 3.8) is 0 Å². The molecule has 0 bridgehead atoms. The van der Waals surface area contributed by atoms with Gasteiger partial charge in [-0.25, -0.2) is 4.79 Å². The van der Waals surface area contributed by atoms with Crippen LogP contribution in [0.2, 0.25) is 0 Å². The van der Waals surface area contributed by atoms with Gasteiger partial charge in [0.2, 0.25) is 0 Å². The third kappa shape index (κ3) is 3.52. The van der Waals surface area contributed by atoms with E-state index in [1.165, 1.54) is 0 Å². The summed E-state index contributed by atoms with van der Waals surface area (Å²) >= 11 is 0. The number of urea groups is 1. The van der Waals surface area contributed by atoms with Gasteiger partial charge in [-0.15, -0.1) is 0 Å². The van der Waals surface area contributed by atoms with Crippen LogP contribution in [-0.2, 0) is 20.9 Å². The van der Waals surface area contributed by atoms with Crippen LogP contribution >= 0.6 is 0 Å². The number of piperidine rings is 1. The molecule has 0 aliphatic carbocycles. The molecule has 2 amide bonds. The maximum absolute atomic E-state index is 13.0. The first-order valence-electron chi connectivity index (χ1n) is 8.81. The van der Waals surface area contributed by atoms with Crippen LogP contribution in [0.1, 0.15) is 38.7 Å². The number of rotatable bonds is 5. The zero-order chi connectivity index (χ0) is 18.0. The van der Waals surface area contributed by atoms with Crippen LogP contribution in [0.4, 0.5) is 4.79 Å². The fraction of sp³-hybridized carbons (Fsp3) is 0.526. The van der Waals surface area contributed by atoms with E-state index in [1.54, 1.807) is 16.7 Å². The van der Waals surface area contributed by atoms with Gasteiger partial charge in [0.1, 0.15) is 5.78 Å². The number of Topliss-reactive ketones (excluding diaryl/α,β-unsaturated/α-hetero) is 1. The zero-order valence-corrected chi connectivity index (χ0v) is 14.7. The fourth-order valence-corrected chi connectivity index (χ4v) is 3.92. The Kier molecular flexibility index (Phi) is 5.06. The number of carbonyl (C=O) groups excluding carboxylic acids is 3. The van der Waals surface area contributed by atoms with E-state index in [-0.39, 0.29) is 42.3 Å². The van der Waals surface area contributed by atoms with E-state index in [0.717, 1.165) is 5.56 Å². The fourth-order valence-electron chi connectivity index (χ4n) is 3.92. The first-order valence-corrected chi connectivity index (χ1v) is 8.81. The first-order chi connectivity index (χ1) is 12.0. The van der Waals surface area contributed by atoms with Crippen molar-refractivity contribution in [1.29, 1.82) is 0 Å². The van der Waals surface area contributed by atoms with Crippen molar-refractivity contribution in [1.82, 2.24) is 9.80 Å². The molecule has 2 heterocycles. The molecule has 3 atom stereocenters. The van der Waals surface area contributed by atoms with Crippen molar-refractivity contribution in [3.8, 4) is 0 Å². The number of hydrogen-bond acceptors (Lipinski definition) is 4. The molecule has 2 fully saturated rings. The number of ether oxygens (including phenoxy) is 1. The van der Waals surface area contributed by atoms with E-state index >= 15 is 0 Å². The van der Waals surface area contributed by atoms with Crippen molar-refractivity contribution in [2.75, 3.05) is 6.61 Å². The lowest BCUT2D eigenvalue weighted by Crippen LogP contribution is -2.49. The Labute approximate surface area is 147 Å². The molecule has 1 aromatic rings. The number of benzene rings is 1. The van der Waals surface area contributed by atoms with Gasteiger partial charge in [0.15, 0.2) is 0 Å². The highest BCUT2D eigenvalue weighted by Crippen LogP contribution is 2.35. The molecule has 2 saturated heterocycles. The van der Waals surface area contributed by atoms with Crippen molar-refractivity contribution < 1.29 is 19.1 Å². The molecule has 2 aliphatic rings. The number of ketones is 1. The highest BCUT2D eigenvalue weighted by Gasteiger charge is 2.51.